The molecule has 23 heavy (non-hydrogen) atoms. The van der Waals surface area contributed by atoms with E-state index < -0.39 is 5.97 Å². The molecule has 1 atom stereocenters. The number of aryl methyl sites for hydroxylation is 1. The molecular weight excluding hydrogens is 298 g/mol. The van der Waals surface area contributed by atoms with Crippen LogP contribution in [-0.4, -0.2) is 57.5 Å². The molecule has 1 saturated heterocycles. The first-order valence-corrected chi connectivity index (χ1v) is 8.05. The van der Waals surface area contributed by atoms with E-state index in [4.69, 9.17) is 9.84 Å². The lowest BCUT2D eigenvalue weighted by molar-refractivity contribution is -0.137. The van der Waals surface area contributed by atoms with E-state index >= 15 is 0 Å². The Morgan fingerprint density at radius 2 is 2.26 bits per heavy atom. The van der Waals surface area contributed by atoms with Gasteiger partial charge in [-0.1, -0.05) is 13.8 Å². The van der Waals surface area contributed by atoms with Crippen molar-refractivity contribution in [2.45, 2.75) is 45.1 Å². The molecule has 1 aromatic rings. The van der Waals surface area contributed by atoms with Crippen LogP contribution in [0.5, 0.6) is 0 Å². The fraction of sp³-hybridized carbons (Fsp3) is 0.688. The number of carbonyl (C=O) groups excluding carboxylic acids is 1. The van der Waals surface area contributed by atoms with Crippen LogP contribution < -0.4 is 0 Å². The number of hydrogen-bond donors (Lipinski definition) is 1. The van der Waals surface area contributed by atoms with E-state index in [-0.39, 0.29) is 30.9 Å². The van der Waals surface area contributed by atoms with Gasteiger partial charge in [0, 0.05) is 32.4 Å². The number of aromatic nitrogens is 2. The SMILES string of the molecule is CC(C)c1cc(C(=O)N(CCC(=O)O)CC2CCCO2)nn1C. The molecule has 7 heteroatoms. The van der Waals surface area contributed by atoms with Gasteiger partial charge in [0.1, 0.15) is 0 Å². The van der Waals surface area contributed by atoms with Crippen molar-refractivity contribution < 1.29 is 19.4 Å². The molecule has 128 valence electrons. The number of carbonyl (C=O) groups is 2. The van der Waals surface area contributed by atoms with Crippen LogP contribution in [-0.2, 0) is 16.6 Å². The third-order valence-corrected chi connectivity index (χ3v) is 4.06. The van der Waals surface area contributed by atoms with Crippen molar-refractivity contribution in [2.75, 3.05) is 19.7 Å². The molecule has 1 fully saturated rings. The molecule has 0 saturated carbocycles. The van der Waals surface area contributed by atoms with Gasteiger partial charge in [0.25, 0.3) is 5.91 Å². The fourth-order valence-corrected chi connectivity index (χ4v) is 2.83. The fourth-order valence-electron chi connectivity index (χ4n) is 2.83. The summed E-state index contributed by atoms with van der Waals surface area (Å²) in [5, 5.41) is 13.2. The van der Waals surface area contributed by atoms with Crippen LogP contribution >= 0.6 is 0 Å². The minimum absolute atomic E-state index is 0.0129. The second-order valence-corrected chi connectivity index (χ2v) is 6.26. The molecule has 1 aliphatic heterocycles. The monoisotopic (exact) mass is 323 g/mol. The van der Waals surface area contributed by atoms with Crippen LogP contribution in [0.1, 0.15) is 55.2 Å². The average molecular weight is 323 g/mol. The second kappa shape index (κ2) is 7.59. The lowest BCUT2D eigenvalue weighted by Gasteiger charge is -2.24. The molecule has 1 aromatic heterocycles. The molecule has 1 N–H and O–H groups in total. The normalized spacial score (nSPS) is 17.7. The third-order valence-electron chi connectivity index (χ3n) is 4.06. The summed E-state index contributed by atoms with van der Waals surface area (Å²) in [5.41, 5.74) is 1.34. The van der Waals surface area contributed by atoms with Crippen molar-refractivity contribution in [1.82, 2.24) is 14.7 Å². The van der Waals surface area contributed by atoms with Crippen LogP contribution in [0.2, 0.25) is 0 Å². The van der Waals surface area contributed by atoms with Crippen molar-refractivity contribution >= 4 is 11.9 Å². The molecule has 0 spiro atoms. The van der Waals surface area contributed by atoms with E-state index in [2.05, 4.69) is 5.10 Å². The maximum absolute atomic E-state index is 12.7. The van der Waals surface area contributed by atoms with E-state index in [9.17, 15) is 9.59 Å². The average Bonchev–Trinajstić information content (AvgIpc) is 3.11. The van der Waals surface area contributed by atoms with Crippen LogP contribution in [0, 0.1) is 0 Å². The van der Waals surface area contributed by atoms with E-state index in [0.29, 0.717) is 18.8 Å². The zero-order chi connectivity index (χ0) is 17.0. The van der Waals surface area contributed by atoms with Gasteiger partial charge in [0.05, 0.1) is 12.5 Å². The Morgan fingerprint density at radius 1 is 1.52 bits per heavy atom. The van der Waals surface area contributed by atoms with Gasteiger partial charge in [-0.15, -0.1) is 0 Å². The molecule has 1 amide bonds. The van der Waals surface area contributed by atoms with Gasteiger partial charge in [-0.05, 0) is 24.8 Å². The van der Waals surface area contributed by atoms with E-state index in [1.54, 1.807) is 15.6 Å². The van der Waals surface area contributed by atoms with Gasteiger partial charge in [0.15, 0.2) is 5.69 Å². The first-order chi connectivity index (χ1) is 10.9. The molecular formula is C16H25N3O4. The number of aliphatic carboxylic acids is 1. The largest absolute Gasteiger partial charge is 0.481 e. The molecule has 1 aliphatic rings. The summed E-state index contributed by atoms with van der Waals surface area (Å²) in [6.45, 7) is 5.37. The highest BCUT2D eigenvalue weighted by molar-refractivity contribution is 5.92. The third kappa shape index (κ3) is 4.54. The summed E-state index contributed by atoms with van der Waals surface area (Å²) in [6.07, 6.45) is 1.78. The Hall–Kier alpha value is -1.89. The van der Waals surface area contributed by atoms with Crippen LogP contribution in [0.4, 0.5) is 0 Å². The summed E-state index contributed by atoms with van der Waals surface area (Å²) >= 11 is 0. The molecule has 2 heterocycles. The van der Waals surface area contributed by atoms with Crippen LogP contribution in [0.25, 0.3) is 0 Å². The lowest BCUT2D eigenvalue weighted by Crippen LogP contribution is -2.39. The summed E-state index contributed by atoms with van der Waals surface area (Å²) in [6, 6.07) is 1.79. The maximum Gasteiger partial charge on any atom is 0.305 e. The van der Waals surface area contributed by atoms with Crippen molar-refractivity contribution in [3.05, 3.63) is 17.5 Å². The Labute approximate surface area is 136 Å². The Morgan fingerprint density at radius 3 is 2.78 bits per heavy atom. The van der Waals surface area contributed by atoms with E-state index in [1.807, 2.05) is 20.9 Å². The van der Waals surface area contributed by atoms with Crippen molar-refractivity contribution in [2.24, 2.45) is 7.05 Å². The zero-order valence-electron chi connectivity index (χ0n) is 14.0. The van der Waals surface area contributed by atoms with Gasteiger partial charge >= 0.3 is 5.97 Å². The van der Waals surface area contributed by atoms with Crippen molar-refractivity contribution in [3.63, 3.8) is 0 Å². The molecule has 2 rings (SSSR count). The van der Waals surface area contributed by atoms with Crippen LogP contribution in [0.15, 0.2) is 6.07 Å². The number of amides is 1. The van der Waals surface area contributed by atoms with Gasteiger partial charge in [-0.25, -0.2) is 0 Å². The van der Waals surface area contributed by atoms with Gasteiger partial charge < -0.3 is 14.7 Å². The molecule has 0 bridgehead atoms. The Bertz CT molecular complexity index is 562. The summed E-state index contributed by atoms with van der Waals surface area (Å²) < 4.78 is 7.28. The van der Waals surface area contributed by atoms with E-state index in [0.717, 1.165) is 18.5 Å². The summed E-state index contributed by atoms with van der Waals surface area (Å²) in [4.78, 5) is 25.1. The summed E-state index contributed by atoms with van der Waals surface area (Å²) in [7, 11) is 1.81. The second-order valence-electron chi connectivity index (χ2n) is 6.26. The van der Waals surface area contributed by atoms with Gasteiger partial charge in [-0.3, -0.25) is 14.3 Å². The molecule has 0 radical (unpaired) electrons. The van der Waals surface area contributed by atoms with E-state index in [1.165, 1.54) is 0 Å². The highest BCUT2D eigenvalue weighted by Gasteiger charge is 2.26. The Kier molecular flexibility index (Phi) is 5.76. The topological polar surface area (TPSA) is 84.7 Å². The number of ether oxygens (including phenoxy) is 1. The number of carboxylic acids is 1. The van der Waals surface area contributed by atoms with Crippen molar-refractivity contribution in [1.29, 1.82) is 0 Å². The zero-order valence-corrected chi connectivity index (χ0v) is 14.0. The number of nitrogens with zero attached hydrogens (tertiary/aromatic N) is 3. The smallest absolute Gasteiger partial charge is 0.305 e. The first kappa shape index (κ1) is 17.5. The number of hydrogen-bond acceptors (Lipinski definition) is 4. The standard InChI is InChI=1S/C16H25N3O4/c1-11(2)14-9-13(17-18(14)3)16(22)19(7-6-15(20)21)10-12-5-4-8-23-12/h9,11-12H,4-8,10H2,1-3H3,(H,20,21). The molecule has 0 aromatic carbocycles. The van der Waals surface area contributed by atoms with Gasteiger partial charge in [0.2, 0.25) is 0 Å². The molecule has 1 unspecified atom stereocenters. The van der Waals surface area contributed by atoms with Crippen molar-refractivity contribution in [3.8, 4) is 0 Å². The predicted molar refractivity (Wildman–Crippen MR) is 84.4 cm³/mol. The van der Waals surface area contributed by atoms with Gasteiger partial charge in [-0.2, -0.15) is 5.10 Å². The Balaban J connectivity index is 2.13. The molecule has 0 aliphatic carbocycles. The first-order valence-electron chi connectivity index (χ1n) is 8.05. The maximum atomic E-state index is 12.7. The highest BCUT2D eigenvalue weighted by atomic mass is 16.5. The number of rotatable bonds is 7. The predicted octanol–water partition coefficient (Wildman–Crippen LogP) is 1.64. The minimum atomic E-state index is -0.918. The number of carboxylic acid groups (broad SMARTS) is 1. The minimum Gasteiger partial charge on any atom is -0.481 e. The lowest BCUT2D eigenvalue weighted by atomic mass is 10.1. The quantitative estimate of drug-likeness (QED) is 0.824. The molecule has 7 nitrogen and oxygen atoms in total. The van der Waals surface area contributed by atoms with Crippen LogP contribution in [0.3, 0.4) is 0 Å². The highest BCUT2D eigenvalue weighted by Crippen LogP contribution is 2.18. The summed E-state index contributed by atoms with van der Waals surface area (Å²) in [5.74, 6) is -0.886.